The van der Waals surface area contributed by atoms with Crippen LogP contribution in [0.15, 0.2) is 22.7 Å². The van der Waals surface area contributed by atoms with E-state index in [4.69, 9.17) is 14.6 Å². The number of rotatable bonds is 7. The molecule has 0 radical (unpaired) electrons. The Morgan fingerprint density at radius 2 is 1.66 bits per heavy atom. The van der Waals surface area contributed by atoms with Crippen molar-refractivity contribution in [3.05, 3.63) is 33.8 Å². The Bertz CT molecular complexity index is 1220. The van der Waals surface area contributed by atoms with Gasteiger partial charge in [-0.2, -0.15) is 13.2 Å². The van der Waals surface area contributed by atoms with Gasteiger partial charge in [-0.1, -0.05) is 51.2 Å². The fraction of sp³-hybridized carbons (Fsp3) is 0.743. The number of likely N-dealkylation sites (tertiary alicyclic amines) is 2. The quantitative estimate of drug-likeness (QED) is 0.306. The molecule has 12 heteroatoms. The zero-order valence-electron chi connectivity index (χ0n) is 28.0. The molecule has 3 aliphatic heterocycles. The predicted octanol–water partition coefficient (Wildman–Crippen LogP) is 8.06. The van der Waals surface area contributed by atoms with Crippen molar-refractivity contribution < 1.29 is 37.4 Å². The topological polar surface area (TPSA) is 90.4 Å². The Labute approximate surface area is 285 Å². The van der Waals surface area contributed by atoms with Gasteiger partial charge in [-0.15, -0.1) is 0 Å². The van der Waals surface area contributed by atoms with E-state index in [1.54, 1.807) is 0 Å². The molecular formula is C35H51BrF3N3O5. The number of carbonyl (C=O) groups is 3. The van der Waals surface area contributed by atoms with Crippen LogP contribution in [0.5, 0.6) is 0 Å². The van der Waals surface area contributed by atoms with E-state index in [1.807, 2.05) is 30.0 Å². The molecule has 4 aliphatic rings. The second kappa shape index (κ2) is 15.9. The van der Waals surface area contributed by atoms with Crippen molar-refractivity contribution >= 4 is 33.9 Å². The second-order valence-corrected chi connectivity index (χ2v) is 15.0. The van der Waals surface area contributed by atoms with Crippen molar-refractivity contribution in [2.75, 3.05) is 39.3 Å². The summed E-state index contributed by atoms with van der Waals surface area (Å²) in [7, 11) is 0. The minimum atomic E-state index is -5.08. The van der Waals surface area contributed by atoms with Crippen LogP contribution >= 0.6 is 15.9 Å². The first-order valence-electron chi connectivity index (χ1n) is 17.3. The number of carbonyl (C=O) groups excluding carboxylic acids is 2. The molecule has 47 heavy (non-hydrogen) atoms. The standard InChI is InChI=1S/C33H50BrN3O3.C2HF3O2/c1-4-5-13-27-24-36(23-26-11-7-6-8-12-26)31(39)40-33(27)17-21-37(22-18-33)32(3)15-19-35(20-16-32)30(38)29-25(2)10-9-14-28(29)34;3-2(4,5)1(6)7/h9-10,14,26-27H,4-8,11-13,15-24H2,1-3H3;(H,6,7). The Balaban J connectivity index is 0.000000644. The highest BCUT2D eigenvalue weighted by Gasteiger charge is 2.51. The van der Waals surface area contributed by atoms with Crippen molar-refractivity contribution in [2.45, 2.75) is 115 Å². The molecule has 1 aromatic carbocycles. The summed E-state index contributed by atoms with van der Waals surface area (Å²) in [6, 6.07) is 5.95. The van der Waals surface area contributed by atoms with Crippen molar-refractivity contribution in [3.63, 3.8) is 0 Å². The van der Waals surface area contributed by atoms with Crippen LogP contribution in [0, 0.1) is 18.8 Å². The number of unbranched alkanes of at least 4 members (excludes halogenated alkanes) is 1. The monoisotopic (exact) mass is 729 g/mol. The zero-order valence-corrected chi connectivity index (χ0v) is 29.6. The SMILES string of the molecule is CCCCC1CN(CC2CCCCC2)C(=O)OC12CCN(C1(C)CCN(C(=O)c3c(C)cccc3Br)CC1)CC2.O=C(O)C(F)(F)F. The summed E-state index contributed by atoms with van der Waals surface area (Å²) in [5.74, 6) is -1.55. The van der Waals surface area contributed by atoms with Crippen molar-refractivity contribution in [2.24, 2.45) is 11.8 Å². The minimum Gasteiger partial charge on any atom is -0.475 e. The van der Waals surface area contributed by atoms with Gasteiger partial charge < -0.3 is 19.6 Å². The van der Waals surface area contributed by atoms with Gasteiger partial charge in [-0.3, -0.25) is 9.69 Å². The molecule has 3 heterocycles. The molecule has 1 saturated carbocycles. The third-order valence-corrected chi connectivity index (χ3v) is 11.7. The maximum absolute atomic E-state index is 13.4. The summed E-state index contributed by atoms with van der Waals surface area (Å²) in [5.41, 5.74) is 1.58. The van der Waals surface area contributed by atoms with Gasteiger partial charge in [0.15, 0.2) is 0 Å². The van der Waals surface area contributed by atoms with Crippen LogP contribution in [-0.4, -0.2) is 94.4 Å². The fourth-order valence-electron chi connectivity index (χ4n) is 7.97. The molecule has 5 rings (SSSR count). The number of hydrogen-bond acceptors (Lipinski definition) is 5. The van der Waals surface area contributed by atoms with Gasteiger partial charge in [0, 0.05) is 68.0 Å². The molecule has 8 nitrogen and oxygen atoms in total. The highest BCUT2D eigenvalue weighted by molar-refractivity contribution is 9.10. The third-order valence-electron chi connectivity index (χ3n) is 11.0. The van der Waals surface area contributed by atoms with Crippen LogP contribution < -0.4 is 0 Å². The van der Waals surface area contributed by atoms with Crippen molar-refractivity contribution in [3.8, 4) is 0 Å². The summed E-state index contributed by atoms with van der Waals surface area (Å²) in [5, 5.41) is 7.12. The molecule has 1 aromatic rings. The maximum Gasteiger partial charge on any atom is 0.490 e. The number of aliphatic carboxylic acids is 1. The third kappa shape index (κ3) is 9.22. The van der Waals surface area contributed by atoms with Crippen LogP contribution in [0.25, 0.3) is 0 Å². The number of halogens is 4. The number of amides is 2. The summed E-state index contributed by atoms with van der Waals surface area (Å²) >= 11 is 3.59. The average molecular weight is 731 g/mol. The van der Waals surface area contributed by atoms with E-state index in [1.165, 1.54) is 44.9 Å². The Kier molecular flexibility index (Phi) is 12.7. The maximum atomic E-state index is 13.4. The molecule has 1 N–H and O–H groups in total. The van der Waals surface area contributed by atoms with E-state index in [-0.39, 0.29) is 23.1 Å². The van der Waals surface area contributed by atoms with Crippen LogP contribution in [0.2, 0.25) is 0 Å². The first-order chi connectivity index (χ1) is 22.2. The number of piperidine rings is 2. The van der Waals surface area contributed by atoms with Gasteiger partial charge in [-0.05, 0) is 79.4 Å². The number of benzene rings is 1. The van der Waals surface area contributed by atoms with Crippen LogP contribution in [0.1, 0.15) is 107 Å². The van der Waals surface area contributed by atoms with Gasteiger partial charge in [-0.25, -0.2) is 9.59 Å². The lowest BCUT2D eigenvalue weighted by molar-refractivity contribution is -0.192. The van der Waals surface area contributed by atoms with Crippen LogP contribution in [0.3, 0.4) is 0 Å². The number of ether oxygens (including phenoxy) is 1. The number of carboxylic acids is 1. The van der Waals surface area contributed by atoms with Gasteiger partial charge in [0.2, 0.25) is 0 Å². The molecule has 0 aromatic heterocycles. The van der Waals surface area contributed by atoms with E-state index in [9.17, 15) is 22.8 Å². The number of nitrogens with zero attached hydrogens (tertiary/aromatic N) is 3. The molecule has 3 saturated heterocycles. The van der Waals surface area contributed by atoms with Crippen LogP contribution in [-0.2, 0) is 9.53 Å². The van der Waals surface area contributed by atoms with Gasteiger partial charge in [0.25, 0.3) is 5.91 Å². The normalized spacial score (nSPS) is 23.6. The van der Waals surface area contributed by atoms with E-state index in [2.05, 4.69) is 39.6 Å². The zero-order chi connectivity index (χ0) is 34.4. The molecule has 1 unspecified atom stereocenters. The number of hydrogen-bond donors (Lipinski definition) is 1. The lowest BCUT2D eigenvalue weighted by Gasteiger charge is -2.55. The largest absolute Gasteiger partial charge is 0.490 e. The van der Waals surface area contributed by atoms with Gasteiger partial charge >= 0.3 is 18.2 Å². The highest BCUT2D eigenvalue weighted by atomic mass is 79.9. The van der Waals surface area contributed by atoms with E-state index >= 15 is 0 Å². The van der Waals surface area contributed by atoms with E-state index in [0.717, 1.165) is 87.0 Å². The lowest BCUT2D eigenvalue weighted by Crippen LogP contribution is -2.63. The number of alkyl halides is 3. The fourth-order valence-corrected chi connectivity index (χ4v) is 8.60. The second-order valence-electron chi connectivity index (χ2n) is 14.2. The molecular weight excluding hydrogens is 679 g/mol. The molecule has 4 fully saturated rings. The first kappa shape index (κ1) is 37.5. The molecule has 1 aliphatic carbocycles. The van der Waals surface area contributed by atoms with Gasteiger partial charge in [0.05, 0.1) is 5.56 Å². The van der Waals surface area contributed by atoms with Crippen LogP contribution in [0.4, 0.5) is 18.0 Å². The molecule has 0 bridgehead atoms. The highest BCUT2D eigenvalue weighted by Crippen LogP contribution is 2.44. The minimum absolute atomic E-state index is 0.0628. The van der Waals surface area contributed by atoms with Crippen molar-refractivity contribution in [1.82, 2.24) is 14.7 Å². The Morgan fingerprint density at radius 1 is 1.04 bits per heavy atom. The summed E-state index contributed by atoms with van der Waals surface area (Å²) in [6.07, 6.45) is 8.66. The lowest BCUT2D eigenvalue weighted by atomic mass is 9.74. The predicted molar refractivity (Wildman–Crippen MR) is 177 cm³/mol. The van der Waals surface area contributed by atoms with Gasteiger partial charge in [0.1, 0.15) is 5.60 Å². The summed E-state index contributed by atoms with van der Waals surface area (Å²) in [4.78, 5) is 42.3. The molecule has 1 spiro atoms. The number of aryl methyl sites for hydroxylation is 1. The van der Waals surface area contributed by atoms with E-state index in [0.29, 0.717) is 11.8 Å². The summed E-state index contributed by atoms with van der Waals surface area (Å²) < 4.78 is 39.1. The summed E-state index contributed by atoms with van der Waals surface area (Å²) in [6.45, 7) is 11.9. The number of carboxylic acid groups (broad SMARTS) is 1. The Morgan fingerprint density at radius 3 is 2.21 bits per heavy atom. The molecule has 264 valence electrons. The molecule has 2 amide bonds. The first-order valence-corrected chi connectivity index (χ1v) is 18.1. The van der Waals surface area contributed by atoms with E-state index < -0.39 is 12.1 Å². The average Bonchev–Trinajstić information content (AvgIpc) is 3.02. The van der Waals surface area contributed by atoms with Crippen molar-refractivity contribution in [1.29, 1.82) is 0 Å². The smallest absolute Gasteiger partial charge is 0.475 e. The Hall–Kier alpha value is -2.34. The molecule has 1 atom stereocenters.